The van der Waals surface area contributed by atoms with Crippen LogP contribution in [0.5, 0.6) is 0 Å². The molecule has 1 amide bonds. The number of nitrogens with one attached hydrogen (secondary N) is 1. The molecule has 1 rings (SSSR count). The summed E-state index contributed by atoms with van der Waals surface area (Å²) in [6, 6.07) is 10.8. The van der Waals surface area contributed by atoms with Gasteiger partial charge in [-0.2, -0.15) is 5.26 Å². The highest BCUT2D eigenvalue weighted by Crippen LogP contribution is 2.11. The lowest BCUT2D eigenvalue weighted by molar-refractivity contribution is -0.129. The summed E-state index contributed by atoms with van der Waals surface area (Å²) < 4.78 is 0. The van der Waals surface area contributed by atoms with Crippen LogP contribution in [0.25, 0.3) is 0 Å². The van der Waals surface area contributed by atoms with Gasteiger partial charge in [0.25, 0.3) is 5.91 Å². The molecule has 4 heteroatoms. The van der Waals surface area contributed by atoms with Crippen LogP contribution in [0.4, 0.5) is 0 Å². The molecule has 0 aliphatic heterocycles. The number of hydrogen-bond donors (Lipinski definition) is 2. The molecule has 17 heavy (non-hydrogen) atoms. The summed E-state index contributed by atoms with van der Waals surface area (Å²) in [5, 5.41) is 20.7. The Hall–Kier alpha value is -1.86. The van der Waals surface area contributed by atoms with Gasteiger partial charge >= 0.3 is 0 Å². The third-order valence-electron chi connectivity index (χ3n) is 2.38. The van der Waals surface area contributed by atoms with Crippen LogP contribution in [-0.4, -0.2) is 17.6 Å². The zero-order chi connectivity index (χ0) is 12.5. The van der Waals surface area contributed by atoms with Crippen molar-refractivity contribution >= 4 is 5.91 Å². The van der Waals surface area contributed by atoms with Gasteiger partial charge in [-0.25, -0.2) is 0 Å². The molecule has 0 heterocycles. The van der Waals surface area contributed by atoms with Crippen LogP contribution in [0.3, 0.4) is 0 Å². The second-order valence-corrected chi connectivity index (χ2v) is 3.72. The molecule has 2 N–H and O–H groups in total. The molecular formula is C13H16N2O2. The number of carbonyl (C=O) groups excluding carboxylic acids is 1. The maximum Gasteiger partial charge on any atom is 0.253 e. The van der Waals surface area contributed by atoms with E-state index < -0.39 is 12.0 Å². The minimum absolute atomic E-state index is 0.395. The van der Waals surface area contributed by atoms with Gasteiger partial charge in [0, 0.05) is 13.0 Å². The number of rotatable bonds is 6. The number of aliphatic hydroxyl groups excluding tert-OH is 1. The maximum absolute atomic E-state index is 11.6. The van der Waals surface area contributed by atoms with E-state index in [2.05, 4.69) is 5.32 Å². The first kappa shape index (κ1) is 13.2. The Labute approximate surface area is 101 Å². The molecule has 0 aliphatic carbocycles. The molecule has 0 bridgehead atoms. The van der Waals surface area contributed by atoms with Crippen LogP contribution >= 0.6 is 0 Å². The van der Waals surface area contributed by atoms with Crippen molar-refractivity contribution in [3.05, 3.63) is 35.9 Å². The van der Waals surface area contributed by atoms with Crippen LogP contribution in [-0.2, 0) is 4.79 Å². The zero-order valence-corrected chi connectivity index (χ0v) is 9.60. The van der Waals surface area contributed by atoms with Crippen LogP contribution in [0.15, 0.2) is 30.3 Å². The van der Waals surface area contributed by atoms with Gasteiger partial charge in [-0.1, -0.05) is 30.3 Å². The van der Waals surface area contributed by atoms with Gasteiger partial charge in [-0.05, 0) is 18.4 Å². The fourth-order valence-corrected chi connectivity index (χ4v) is 1.42. The summed E-state index contributed by atoms with van der Waals surface area (Å²) in [6.07, 6.45) is 0.892. The molecule has 0 aromatic heterocycles. The van der Waals surface area contributed by atoms with E-state index in [1.165, 1.54) is 0 Å². The predicted molar refractivity (Wildman–Crippen MR) is 63.9 cm³/mol. The Balaban J connectivity index is 2.31. The summed E-state index contributed by atoms with van der Waals surface area (Å²) in [5.74, 6) is -0.395. The van der Waals surface area contributed by atoms with Gasteiger partial charge < -0.3 is 10.4 Å². The molecule has 1 unspecified atom stereocenters. The number of nitrogens with zero attached hydrogens (tertiary/aromatic N) is 1. The second kappa shape index (κ2) is 7.42. The zero-order valence-electron chi connectivity index (χ0n) is 9.60. The number of carbonyl (C=O) groups is 1. The van der Waals surface area contributed by atoms with E-state index in [9.17, 15) is 9.90 Å². The molecule has 0 radical (unpaired) electrons. The van der Waals surface area contributed by atoms with Gasteiger partial charge in [0.2, 0.25) is 0 Å². The first-order valence-corrected chi connectivity index (χ1v) is 5.63. The summed E-state index contributed by atoms with van der Waals surface area (Å²) in [7, 11) is 0. The highest BCUT2D eigenvalue weighted by molar-refractivity contribution is 5.81. The Kier molecular flexibility index (Phi) is 5.76. The molecule has 4 nitrogen and oxygen atoms in total. The third kappa shape index (κ3) is 4.66. The lowest BCUT2D eigenvalue weighted by Crippen LogP contribution is -2.30. The molecule has 0 spiro atoms. The van der Waals surface area contributed by atoms with E-state index in [-0.39, 0.29) is 0 Å². The molecule has 0 saturated heterocycles. The summed E-state index contributed by atoms with van der Waals surface area (Å²) in [5.41, 5.74) is 0.585. The predicted octanol–water partition coefficient (Wildman–Crippen LogP) is 1.53. The van der Waals surface area contributed by atoms with Crippen LogP contribution in [0, 0.1) is 11.3 Å². The number of aliphatic hydroxyl groups is 1. The van der Waals surface area contributed by atoms with Crippen molar-refractivity contribution in [3.63, 3.8) is 0 Å². The van der Waals surface area contributed by atoms with Crippen molar-refractivity contribution in [2.45, 2.75) is 25.4 Å². The topological polar surface area (TPSA) is 73.1 Å². The van der Waals surface area contributed by atoms with Gasteiger partial charge in [-0.15, -0.1) is 0 Å². The first-order valence-electron chi connectivity index (χ1n) is 5.63. The molecule has 90 valence electrons. The normalized spacial score (nSPS) is 11.5. The Bertz CT molecular complexity index is 384. The van der Waals surface area contributed by atoms with Gasteiger partial charge in [0.05, 0.1) is 6.07 Å². The largest absolute Gasteiger partial charge is 0.378 e. The average molecular weight is 232 g/mol. The molecule has 0 fully saturated rings. The number of nitriles is 1. The summed E-state index contributed by atoms with van der Waals surface area (Å²) in [6.45, 7) is 0.490. The summed E-state index contributed by atoms with van der Waals surface area (Å²) >= 11 is 0. The van der Waals surface area contributed by atoms with E-state index >= 15 is 0 Å². The van der Waals surface area contributed by atoms with Gasteiger partial charge in [-0.3, -0.25) is 4.79 Å². The molecule has 0 aliphatic rings. The SMILES string of the molecule is N#CCCCCNC(=O)C(O)c1ccccc1. The molecule has 1 aromatic carbocycles. The van der Waals surface area contributed by atoms with E-state index in [0.717, 1.165) is 12.8 Å². The second-order valence-electron chi connectivity index (χ2n) is 3.72. The molecule has 1 aromatic rings. The fraction of sp³-hybridized carbons (Fsp3) is 0.385. The van der Waals surface area contributed by atoms with Crippen LogP contribution in [0.2, 0.25) is 0 Å². The first-order chi connectivity index (χ1) is 8.25. The van der Waals surface area contributed by atoms with Crippen molar-refractivity contribution in [3.8, 4) is 6.07 Å². The summed E-state index contributed by atoms with van der Waals surface area (Å²) in [4.78, 5) is 11.6. The minimum atomic E-state index is -1.12. The van der Waals surface area contributed by atoms with Gasteiger partial charge in [0.1, 0.15) is 0 Å². The van der Waals surface area contributed by atoms with Crippen molar-refractivity contribution in [2.24, 2.45) is 0 Å². The van der Waals surface area contributed by atoms with Crippen molar-refractivity contribution in [1.29, 1.82) is 5.26 Å². The Morgan fingerprint density at radius 1 is 1.35 bits per heavy atom. The number of unbranched alkanes of at least 4 members (excludes halogenated alkanes) is 2. The quantitative estimate of drug-likeness (QED) is 0.730. The number of hydrogen-bond acceptors (Lipinski definition) is 3. The smallest absolute Gasteiger partial charge is 0.253 e. The third-order valence-corrected chi connectivity index (χ3v) is 2.38. The van der Waals surface area contributed by atoms with E-state index in [1.54, 1.807) is 24.3 Å². The molecule has 1 atom stereocenters. The standard InChI is InChI=1S/C13H16N2O2/c14-9-5-2-6-10-15-13(17)12(16)11-7-3-1-4-8-11/h1,3-4,7-8,12,16H,2,5-6,10H2,(H,15,17). The van der Waals surface area contributed by atoms with E-state index in [1.807, 2.05) is 12.1 Å². The van der Waals surface area contributed by atoms with E-state index in [0.29, 0.717) is 18.5 Å². The number of amides is 1. The van der Waals surface area contributed by atoms with Gasteiger partial charge in [0.15, 0.2) is 6.10 Å². The lowest BCUT2D eigenvalue weighted by Gasteiger charge is -2.11. The van der Waals surface area contributed by atoms with Crippen molar-refractivity contribution < 1.29 is 9.90 Å². The van der Waals surface area contributed by atoms with Crippen molar-refractivity contribution in [1.82, 2.24) is 5.32 Å². The van der Waals surface area contributed by atoms with Crippen molar-refractivity contribution in [2.75, 3.05) is 6.54 Å². The molecular weight excluding hydrogens is 216 g/mol. The minimum Gasteiger partial charge on any atom is -0.378 e. The Morgan fingerprint density at radius 2 is 2.06 bits per heavy atom. The lowest BCUT2D eigenvalue weighted by atomic mass is 10.1. The highest BCUT2D eigenvalue weighted by Gasteiger charge is 2.15. The van der Waals surface area contributed by atoms with E-state index in [4.69, 9.17) is 5.26 Å². The van der Waals surface area contributed by atoms with Crippen LogP contribution < -0.4 is 5.32 Å². The molecule has 0 saturated carbocycles. The fourth-order valence-electron chi connectivity index (χ4n) is 1.42. The number of benzene rings is 1. The maximum atomic E-state index is 11.6. The monoisotopic (exact) mass is 232 g/mol. The van der Waals surface area contributed by atoms with Crippen LogP contribution in [0.1, 0.15) is 30.9 Å². The Morgan fingerprint density at radius 3 is 2.71 bits per heavy atom. The average Bonchev–Trinajstić information content (AvgIpc) is 2.38. The highest BCUT2D eigenvalue weighted by atomic mass is 16.3.